The Kier molecular flexibility index (Phi) is 7.38. The fourth-order valence-corrected chi connectivity index (χ4v) is 4.54. The second-order valence-electron chi connectivity index (χ2n) is 7.09. The molecular weight excluding hydrogens is 414 g/mol. The van der Waals surface area contributed by atoms with Crippen LogP contribution < -0.4 is 14.8 Å². The third-order valence-corrected chi connectivity index (χ3v) is 6.21. The summed E-state index contributed by atoms with van der Waals surface area (Å²) in [5.41, 5.74) is 2.47. The molecule has 0 spiro atoms. The van der Waals surface area contributed by atoms with Crippen LogP contribution >= 0.6 is 0 Å². The van der Waals surface area contributed by atoms with Crippen molar-refractivity contribution in [3.05, 3.63) is 89.7 Å². The molecule has 0 bridgehead atoms. The van der Waals surface area contributed by atoms with Gasteiger partial charge in [0.25, 0.3) is 0 Å². The number of benzene rings is 2. The molecule has 7 nitrogen and oxygen atoms in total. The Morgan fingerprint density at radius 3 is 2.42 bits per heavy atom. The van der Waals surface area contributed by atoms with Gasteiger partial charge in [0, 0.05) is 18.9 Å². The number of pyridine rings is 1. The molecule has 1 amide bonds. The first kappa shape index (κ1) is 22.5. The standard InChI is InChI=1S/C23H25N3O4S/c1-17-8-9-21(30-2)22(14-17)31(28,29)26-20(15-18-6-4-3-5-7-18)23(27)25-16-19-10-12-24-13-11-19/h3-14,20,26H,15-16H2,1-2H3,(H,25,27)/t20-/m1/s1. The highest BCUT2D eigenvalue weighted by Crippen LogP contribution is 2.25. The van der Waals surface area contributed by atoms with Crippen LogP contribution in [0.25, 0.3) is 0 Å². The number of nitrogens with zero attached hydrogens (tertiary/aromatic N) is 1. The zero-order chi connectivity index (χ0) is 22.3. The first-order valence-corrected chi connectivity index (χ1v) is 11.2. The topological polar surface area (TPSA) is 97.4 Å². The van der Waals surface area contributed by atoms with Gasteiger partial charge in [-0.15, -0.1) is 0 Å². The zero-order valence-corrected chi connectivity index (χ0v) is 18.2. The molecule has 1 aromatic heterocycles. The van der Waals surface area contributed by atoms with Gasteiger partial charge in [-0.25, -0.2) is 8.42 Å². The van der Waals surface area contributed by atoms with E-state index in [1.807, 2.05) is 30.3 Å². The number of carbonyl (C=O) groups excluding carboxylic acids is 1. The second-order valence-corrected chi connectivity index (χ2v) is 8.77. The fraction of sp³-hybridized carbons (Fsp3) is 0.217. The van der Waals surface area contributed by atoms with E-state index in [1.165, 1.54) is 13.2 Å². The third kappa shape index (κ3) is 6.13. The van der Waals surface area contributed by atoms with Gasteiger partial charge in [-0.05, 0) is 54.3 Å². The van der Waals surface area contributed by atoms with E-state index < -0.39 is 22.0 Å². The molecule has 3 aromatic rings. The quantitative estimate of drug-likeness (QED) is 0.534. The molecule has 0 unspecified atom stereocenters. The zero-order valence-electron chi connectivity index (χ0n) is 17.4. The molecule has 0 aliphatic carbocycles. The maximum absolute atomic E-state index is 13.2. The number of hydrogen-bond acceptors (Lipinski definition) is 5. The summed E-state index contributed by atoms with van der Waals surface area (Å²) in [6.45, 7) is 2.06. The van der Waals surface area contributed by atoms with E-state index in [-0.39, 0.29) is 23.6 Å². The van der Waals surface area contributed by atoms with Gasteiger partial charge in [0.15, 0.2) is 0 Å². The monoisotopic (exact) mass is 439 g/mol. The number of aromatic nitrogens is 1. The van der Waals surface area contributed by atoms with Crippen molar-refractivity contribution < 1.29 is 17.9 Å². The Bertz CT molecular complexity index is 1120. The second kappa shape index (κ2) is 10.2. The molecule has 162 valence electrons. The van der Waals surface area contributed by atoms with Crippen molar-refractivity contribution in [2.24, 2.45) is 0 Å². The lowest BCUT2D eigenvalue weighted by atomic mass is 10.1. The van der Waals surface area contributed by atoms with Gasteiger partial charge in [-0.1, -0.05) is 36.4 Å². The maximum Gasteiger partial charge on any atom is 0.244 e. The van der Waals surface area contributed by atoms with Crippen molar-refractivity contribution in [3.8, 4) is 5.75 Å². The van der Waals surface area contributed by atoms with E-state index in [0.29, 0.717) is 0 Å². The number of ether oxygens (including phenoxy) is 1. The van der Waals surface area contributed by atoms with Crippen LogP contribution in [0.1, 0.15) is 16.7 Å². The molecule has 0 radical (unpaired) electrons. The number of hydrogen-bond donors (Lipinski definition) is 2. The van der Waals surface area contributed by atoms with E-state index in [9.17, 15) is 13.2 Å². The first-order valence-electron chi connectivity index (χ1n) is 9.76. The lowest BCUT2D eigenvalue weighted by Crippen LogP contribution is -2.47. The van der Waals surface area contributed by atoms with E-state index in [1.54, 1.807) is 43.6 Å². The summed E-state index contributed by atoms with van der Waals surface area (Å²) in [5, 5.41) is 2.81. The molecule has 1 atom stereocenters. The number of aryl methyl sites for hydroxylation is 1. The molecule has 2 N–H and O–H groups in total. The SMILES string of the molecule is COc1ccc(C)cc1S(=O)(=O)N[C@H](Cc1ccccc1)C(=O)NCc1ccncc1. The molecule has 1 heterocycles. The van der Waals surface area contributed by atoms with Gasteiger partial charge >= 0.3 is 0 Å². The van der Waals surface area contributed by atoms with Crippen molar-refractivity contribution in [1.82, 2.24) is 15.0 Å². The van der Waals surface area contributed by atoms with Crippen LogP contribution in [0.15, 0.2) is 78.0 Å². The summed E-state index contributed by atoms with van der Waals surface area (Å²) >= 11 is 0. The van der Waals surface area contributed by atoms with E-state index in [0.717, 1.165) is 16.7 Å². The molecule has 0 aliphatic heterocycles. The number of rotatable bonds is 9. The lowest BCUT2D eigenvalue weighted by molar-refractivity contribution is -0.122. The van der Waals surface area contributed by atoms with Crippen LogP contribution in [0.5, 0.6) is 5.75 Å². The molecule has 8 heteroatoms. The molecule has 0 saturated heterocycles. The Hall–Kier alpha value is -3.23. The van der Waals surface area contributed by atoms with Gasteiger partial charge < -0.3 is 10.1 Å². The van der Waals surface area contributed by atoms with Crippen molar-refractivity contribution in [1.29, 1.82) is 0 Å². The maximum atomic E-state index is 13.2. The number of methoxy groups -OCH3 is 1. The Morgan fingerprint density at radius 1 is 1.03 bits per heavy atom. The average Bonchev–Trinajstić information content (AvgIpc) is 2.78. The molecule has 0 saturated carbocycles. The largest absolute Gasteiger partial charge is 0.495 e. The van der Waals surface area contributed by atoms with Crippen LogP contribution in [0.4, 0.5) is 0 Å². The normalized spacial score (nSPS) is 12.2. The van der Waals surface area contributed by atoms with Gasteiger partial charge in [0.1, 0.15) is 16.7 Å². The number of sulfonamides is 1. The van der Waals surface area contributed by atoms with Gasteiger partial charge in [-0.2, -0.15) is 4.72 Å². The van der Waals surface area contributed by atoms with E-state index in [4.69, 9.17) is 4.74 Å². The van der Waals surface area contributed by atoms with Crippen LogP contribution in [0, 0.1) is 6.92 Å². The minimum Gasteiger partial charge on any atom is -0.495 e. The summed E-state index contributed by atoms with van der Waals surface area (Å²) in [4.78, 5) is 16.9. The number of nitrogens with one attached hydrogen (secondary N) is 2. The van der Waals surface area contributed by atoms with Crippen molar-refractivity contribution >= 4 is 15.9 Å². The van der Waals surface area contributed by atoms with E-state index >= 15 is 0 Å². The Morgan fingerprint density at radius 2 is 1.74 bits per heavy atom. The van der Waals surface area contributed by atoms with Crippen molar-refractivity contribution in [3.63, 3.8) is 0 Å². The van der Waals surface area contributed by atoms with E-state index in [2.05, 4.69) is 15.0 Å². The molecule has 0 fully saturated rings. The molecule has 0 aliphatic rings. The van der Waals surface area contributed by atoms with Gasteiger partial charge in [-0.3, -0.25) is 9.78 Å². The predicted molar refractivity (Wildman–Crippen MR) is 118 cm³/mol. The highest BCUT2D eigenvalue weighted by molar-refractivity contribution is 7.89. The van der Waals surface area contributed by atoms with Gasteiger partial charge in [0.05, 0.1) is 7.11 Å². The first-order chi connectivity index (χ1) is 14.9. The highest BCUT2D eigenvalue weighted by atomic mass is 32.2. The summed E-state index contributed by atoms with van der Waals surface area (Å²) in [7, 11) is -2.61. The minimum absolute atomic E-state index is 0.00463. The van der Waals surface area contributed by atoms with Gasteiger partial charge in [0.2, 0.25) is 15.9 Å². The highest BCUT2D eigenvalue weighted by Gasteiger charge is 2.28. The van der Waals surface area contributed by atoms with Crippen LogP contribution in [0.2, 0.25) is 0 Å². The Labute approximate surface area is 182 Å². The summed E-state index contributed by atoms with van der Waals surface area (Å²) in [6.07, 6.45) is 3.47. The van der Waals surface area contributed by atoms with Crippen molar-refractivity contribution in [2.45, 2.75) is 30.8 Å². The number of amides is 1. The smallest absolute Gasteiger partial charge is 0.244 e. The van der Waals surface area contributed by atoms with Crippen LogP contribution in [0.3, 0.4) is 0 Å². The number of carbonyl (C=O) groups is 1. The molecule has 2 aromatic carbocycles. The third-order valence-electron chi connectivity index (χ3n) is 4.72. The molecule has 31 heavy (non-hydrogen) atoms. The molecular formula is C23H25N3O4S. The predicted octanol–water partition coefficient (Wildman–Crippen LogP) is 2.60. The van der Waals surface area contributed by atoms with Crippen LogP contribution in [-0.2, 0) is 27.8 Å². The van der Waals surface area contributed by atoms with Crippen LogP contribution in [-0.4, -0.2) is 32.5 Å². The fourth-order valence-electron chi connectivity index (χ4n) is 3.10. The summed E-state index contributed by atoms with van der Waals surface area (Å²) in [6, 6.07) is 16.7. The summed E-state index contributed by atoms with van der Waals surface area (Å²) in [5.74, 6) is -0.204. The van der Waals surface area contributed by atoms with Crippen molar-refractivity contribution in [2.75, 3.05) is 7.11 Å². The minimum atomic E-state index is -4.02. The summed E-state index contributed by atoms with van der Waals surface area (Å²) < 4.78 is 34.1. The Balaban J connectivity index is 1.85. The average molecular weight is 440 g/mol. The molecule has 3 rings (SSSR count). The lowest BCUT2D eigenvalue weighted by Gasteiger charge is -2.20.